The summed E-state index contributed by atoms with van der Waals surface area (Å²) in [4.78, 5) is 28.1. The van der Waals surface area contributed by atoms with Gasteiger partial charge >= 0.3 is 5.97 Å². The van der Waals surface area contributed by atoms with E-state index in [1.807, 2.05) is 29.6 Å². The molecule has 1 heterocycles. The predicted molar refractivity (Wildman–Crippen MR) is 100 cm³/mol. The molecule has 1 N–H and O–H groups in total. The van der Waals surface area contributed by atoms with Crippen LogP contribution in [0.5, 0.6) is 5.75 Å². The molecule has 7 heteroatoms. The Morgan fingerprint density at radius 2 is 1.96 bits per heavy atom. The van der Waals surface area contributed by atoms with Gasteiger partial charge in [-0.15, -0.1) is 11.3 Å². The normalized spacial score (nSPS) is 14.2. The molecule has 1 aromatic carbocycles. The number of hydrogen-bond donors (Lipinski definition) is 1. The average Bonchev–Trinajstić information content (AvgIpc) is 3.32. The van der Waals surface area contributed by atoms with Crippen LogP contribution < -0.4 is 10.1 Å². The van der Waals surface area contributed by atoms with Crippen molar-refractivity contribution >= 4 is 28.3 Å². The van der Waals surface area contributed by atoms with Crippen LogP contribution in [0.4, 0.5) is 5.13 Å². The van der Waals surface area contributed by atoms with Crippen LogP contribution in [0, 0.1) is 5.92 Å². The van der Waals surface area contributed by atoms with E-state index in [0.717, 1.165) is 29.8 Å². The van der Waals surface area contributed by atoms with Crippen molar-refractivity contribution in [3.05, 3.63) is 29.6 Å². The Morgan fingerprint density at radius 3 is 2.65 bits per heavy atom. The molecule has 0 atom stereocenters. The molecule has 1 fully saturated rings. The third kappa shape index (κ3) is 5.05. The minimum atomic E-state index is -0.375. The molecule has 1 amide bonds. The molecule has 0 bridgehead atoms. The first-order valence-corrected chi connectivity index (χ1v) is 9.57. The molecule has 0 unspecified atom stereocenters. The van der Waals surface area contributed by atoms with Crippen LogP contribution in [0.25, 0.3) is 11.3 Å². The van der Waals surface area contributed by atoms with Crippen molar-refractivity contribution in [2.75, 3.05) is 19.0 Å². The molecule has 3 rings (SSSR count). The fourth-order valence-electron chi connectivity index (χ4n) is 3.04. The van der Waals surface area contributed by atoms with Crippen LogP contribution in [-0.4, -0.2) is 30.6 Å². The van der Waals surface area contributed by atoms with E-state index in [1.165, 1.54) is 24.2 Å². The van der Waals surface area contributed by atoms with Crippen molar-refractivity contribution in [1.82, 2.24) is 4.98 Å². The molecular formula is C19H22N2O4S. The van der Waals surface area contributed by atoms with Crippen molar-refractivity contribution < 1.29 is 19.1 Å². The highest BCUT2D eigenvalue weighted by molar-refractivity contribution is 7.14. The van der Waals surface area contributed by atoms with E-state index in [4.69, 9.17) is 9.47 Å². The lowest BCUT2D eigenvalue weighted by Crippen LogP contribution is -2.21. The fraction of sp³-hybridized carbons (Fsp3) is 0.421. The maximum atomic E-state index is 11.9. The number of rotatable bonds is 7. The maximum Gasteiger partial charge on any atom is 0.306 e. The number of carbonyl (C=O) groups excluding carboxylic acids is 2. The summed E-state index contributed by atoms with van der Waals surface area (Å²) in [6.07, 6.45) is 4.92. The minimum absolute atomic E-state index is 0.275. The first kappa shape index (κ1) is 18.4. The number of hydrogen-bond acceptors (Lipinski definition) is 6. The number of carbonyl (C=O) groups is 2. The van der Waals surface area contributed by atoms with Gasteiger partial charge < -0.3 is 9.47 Å². The first-order chi connectivity index (χ1) is 12.6. The second kappa shape index (κ2) is 8.80. The molecule has 1 aliphatic rings. The molecule has 0 radical (unpaired) electrons. The van der Waals surface area contributed by atoms with Crippen molar-refractivity contribution in [3.63, 3.8) is 0 Å². The van der Waals surface area contributed by atoms with E-state index in [2.05, 4.69) is 10.3 Å². The van der Waals surface area contributed by atoms with Crippen LogP contribution in [0.15, 0.2) is 29.6 Å². The van der Waals surface area contributed by atoms with Gasteiger partial charge in [0.1, 0.15) is 5.75 Å². The lowest BCUT2D eigenvalue weighted by Gasteiger charge is -2.08. The molecule has 0 aliphatic heterocycles. The standard InChI is InChI=1S/C19H22N2O4S/c1-24-15-8-6-14(7-9-15)16-12-26-19(20-16)21-17(22)11-25-18(23)10-13-4-2-3-5-13/h6-9,12-13H,2-5,10-11H2,1H3,(H,20,21,22). The van der Waals surface area contributed by atoms with Gasteiger partial charge in [0.25, 0.3) is 5.91 Å². The Kier molecular flexibility index (Phi) is 6.22. The lowest BCUT2D eigenvalue weighted by molar-refractivity contribution is -0.148. The smallest absolute Gasteiger partial charge is 0.306 e. The fourth-order valence-corrected chi connectivity index (χ4v) is 3.77. The molecule has 0 saturated heterocycles. The second-order valence-electron chi connectivity index (χ2n) is 6.33. The largest absolute Gasteiger partial charge is 0.497 e. The minimum Gasteiger partial charge on any atom is -0.497 e. The van der Waals surface area contributed by atoms with Gasteiger partial charge in [0.05, 0.1) is 12.8 Å². The zero-order chi connectivity index (χ0) is 18.4. The van der Waals surface area contributed by atoms with Gasteiger partial charge in [0.15, 0.2) is 11.7 Å². The number of ether oxygens (including phenoxy) is 2. The molecule has 1 saturated carbocycles. The number of methoxy groups -OCH3 is 1. The van der Waals surface area contributed by atoms with Crippen LogP contribution in [0.3, 0.4) is 0 Å². The molecule has 1 aliphatic carbocycles. The zero-order valence-electron chi connectivity index (χ0n) is 14.7. The summed E-state index contributed by atoms with van der Waals surface area (Å²) in [5.74, 6) is 0.513. The number of benzene rings is 1. The van der Waals surface area contributed by atoms with Gasteiger partial charge in [0, 0.05) is 17.4 Å². The van der Waals surface area contributed by atoms with Gasteiger partial charge in [-0.25, -0.2) is 4.98 Å². The van der Waals surface area contributed by atoms with Crippen molar-refractivity contribution in [2.24, 2.45) is 5.92 Å². The van der Waals surface area contributed by atoms with E-state index in [-0.39, 0.29) is 18.5 Å². The Hall–Kier alpha value is -2.41. The topological polar surface area (TPSA) is 77.5 Å². The van der Waals surface area contributed by atoms with Gasteiger partial charge in [-0.2, -0.15) is 0 Å². The highest BCUT2D eigenvalue weighted by Gasteiger charge is 2.20. The van der Waals surface area contributed by atoms with Crippen LogP contribution in [-0.2, 0) is 14.3 Å². The Bertz CT molecular complexity index is 751. The van der Waals surface area contributed by atoms with Crippen LogP contribution in [0.1, 0.15) is 32.1 Å². The number of nitrogens with zero attached hydrogens (tertiary/aromatic N) is 1. The highest BCUT2D eigenvalue weighted by Crippen LogP contribution is 2.28. The van der Waals surface area contributed by atoms with E-state index >= 15 is 0 Å². The summed E-state index contributed by atoms with van der Waals surface area (Å²) >= 11 is 1.33. The molecule has 0 spiro atoms. The number of anilines is 1. The highest BCUT2D eigenvalue weighted by atomic mass is 32.1. The maximum absolute atomic E-state index is 11.9. The Labute approximate surface area is 156 Å². The van der Waals surface area contributed by atoms with Gasteiger partial charge in [-0.1, -0.05) is 12.8 Å². The molecule has 1 aromatic heterocycles. The third-order valence-corrected chi connectivity index (χ3v) is 5.19. The van der Waals surface area contributed by atoms with Crippen molar-refractivity contribution in [3.8, 4) is 17.0 Å². The van der Waals surface area contributed by atoms with Gasteiger partial charge in [-0.3, -0.25) is 14.9 Å². The molecule has 6 nitrogen and oxygen atoms in total. The monoisotopic (exact) mass is 374 g/mol. The molecule has 26 heavy (non-hydrogen) atoms. The Balaban J connectivity index is 1.46. The predicted octanol–water partition coefficient (Wildman–Crippen LogP) is 3.88. The summed E-state index contributed by atoms with van der Waals surface area (Å²) in [5, 5.41) is 5.01. The summed E-state index contributed by atoms with van der Waals surface area (Å²) < 4.78 is 10.2. The summed E-state index contributed by atoms with van der Waals surface area (Å²) in [5.41, 5.74) is 1.71. The zero-order valence-corrected chi connectivity index (χ0v) is 15.5. The lowest BCUT2D eigenvalue weighted by atomic mass is 10.1. The van der Waals surface area contributed by atoms with Crippen molar-refractivity contribution in [1.29, 1.82) is 0 Å². The molecular weight excluding hydrogens is 352 g/mol. The van der Waals surface area contributed by atoms with Gasteiger partial charge in [-0.05, 0) is 43.0 Å². The second-order valence-corrected chi connectivity index (χ2v) is 7.19. The first-order valence-electron chi connectivity index (χ1n) is 8.69. The summed E-state index contributed by atoms with van der Waals surface area (Å²) in [6.45, 7) is -0.275. The van der Waals surface area contributed by atoms with Crippen molar-refractivity contribution in [2.45, 2.75) is 32.1 Å². The number of aromatic nitrogens is 1. The third-order valence-electron chi connectivity index (χ3n) is 4.43. The molecule has 138 valence electrons. The molecule has 2 aromatic rings. The Morgan fingerprint density at radius 1 is 1.23 bits per heavy atom. The number of nitrogens with one attached hydrogen (secondary N) is 1. The number of esters is 1. The quantitative estimate of drug-likeness (QED) is 0.744. The average molecular weight is 374 g/mol. The van der Waals surface area contributed by atoms with E-state index in [9.17, 15) is 9.59 Å². The van der Waals surface area contributed by atoms with E-state index in [0.29, 0.717) is 17.5 Å². The van der Waals surface area contributed by atoms with Crippen LogP contribution >= 0.6 is 11.3 Å². The SMILES string of the molecule is COc1ccc(-c2csc(NC(=O)COC(=O)CC3CCCC3)n2)cc1. The van der Waals surface area contributed by atoms with Gasteiger partial charge in [0.2, 0.25) is 0 Å². The van der Waals surface area contributed by atoms with E-state index < -0.39 is 0 Å². The van der Waals surface area contributed by atoms with Crippen LogP contribution in [0.2, 0.25) is 0 Å². The number of thiazole rings is 1. The summed E-state index contributed by atoms with van der Waals surface area (Å²) in [7, 11) is 1.62. The number of amides is 1. The summed E-state index contributed by atoms with van der Waals surface area (Å²) in [6, 6.07) is 7.53. The van der Waals surface area contributed by atoms with E-state index in [1.54, 1.807) is 7.11 Å².